The maximum absolute atomic E-state index is 11.6. The molecule has 2 N–H and O–H groups in total. The summed E-state index contributed by atoms with van der Waals surface area (Å²) < 4.78 is 5.65. The van der Waals surface area contributed by atoms with Gasteiger partial charge in [-0.1, -0.05) is 18.2 Å². The number of thioether (sulfide) groups is 1. The Bertz CT molecular complexity index is 501. The largest absolute Gasteiger partial charge is 0.494 e. The number of amides is 1. The van der Waals surface area contributed by atoms with Crippen molar-refractivity contribution in [2.45, 2.75) is 6.42 Å². The normalized spacial score (nSPS) is 10.6. The zero-order valence-electron chi connectivity index (χ0n) is 15.2. The first-order valence-corrected chi connectivity index (χ1v) is 9.42. The lowest BCUT2D eigenvalue weighted by atomic mass is 10.3. The quantitative estimate of drug-likeness (QED) is 0.232. The lowest BCUT2D eigenvalue weighted by Crippen LogP contribution is -2.40. The number of halogens is 1. The molecule has 6 nitrogen and oxygen atoms in total. The highest BCUT2D eigenvalue weighted by atomic mass is 127. The second-order valence-electron chi connectivity index (χ2n) is 5.31. The fourth-order valence-corrected chi connectivity index (χ4v) is 2.03. The Balaban J connectivity index is 0.00000576. The molecule has 142 valence electrons. The molecule has 0 spiro atoms. The predicted molar refractivity (Wildman–Crippen MR) is 117 cm³/mol. The second kappa shape index (κ2) is 15.1. The summed E-state index contributed by atoms with van der Waals surface area (Å²) in [5, 5.41) is 6.47. The van der Waals surface area contributed by atoms with Crippen molar-refractivity contribution in [3.63, 3.8) is 0 Å². The van der Waals surface area contributed by atoms with E-state index in [1.807, 2.05) is 30.3 Å². The molecule has 8 heteroatoms. The number of guanidine groups is 1. The van der Waals surface area contributed by atoms with E-state index in [4.69, 9.17) is 4.74 Å². The van der Waals surface area contributed by atoms with Crippen LogP contribution in [0.1, 0.15) is 6.42 Å². The Morgan fingerprint density at radius 2 is 1.88 bits per heavy atom. The molecule has 1 aromatic rings. The fourth-order valence-electron chi connectivity index (χ4n) is 1.72. The van der Waals surface area contributed by atoms with Gasteiger partial charge in [-0.25, -0.2) is 4.99 Å². The van der Waals surface area contributed by atoms with Gasteiger partial charge in [-0.05, 0) is 24.8 Å². The average Bonchev–Trinajstić information content (AvgIpc) is 2.59. The third-order valence-corrected chi connectivity index (χ3v) is 3.71. The molecular formula is C17H29IN4O2S. The summed E-state index contributed by atoms with van der Waals surface area (Å²) >= 11 is 1.76. The van der Waals surface area contributed by atoms with Crippen LogP contribution < -0.4 is 15.4 Å². The molecule has 0 radical (unpaired) electrons. The van der Waals surface area contributed by atoms with Crippen LogP contribution in [0.5, 0.6) is 5.75 Å². The molecular weight excluding hydrogens is 451 g/mol. The van der Waals surface area contributed by atoms with E-state index in [-0.39, 0.29) is 36.4 Å². The lowest BCUT2D eigenvalue weighted by molar-refractivity contribution is -0.127. The summed E-state index contributed by atoms with van der Waals surface area (Å²) in [7, 11) is 3.46. The molecule has 0 heterocycles. The SMILES string of the molecule is CSCCNC(=NCC(=O)N(C)C)NCCCOc1ccccc1.I. The molecule has 0 aliphatic rings. The fraction of sp³-hybridized carbons (Fsp3) is 0.529. The monoisotopic (exact) mass is 480 g/mol. The summed E-state index contributed by atoms with van der Waals surface area (Å²) in [4.78, 5) is 17.5. The van der Waals surface area contributed by atoms with E-state index in [0.29, 0.717) is 12.6 Å². The first-order valence-electron chi connectivity index (χ1n) is 8.02. The molecule has 0 aliphatic carbocycles. The smallest absolute Gasteiger partial charge is 0.243 e. The Kier molecular flexibility index (Phi) is 14.4. The van der Waals surface area contributed by atoms with Crippen molar-refractivity contribution >= 4 is 47.6 Å². The number of carbonyl (C=O) groups is 1. The number of hydrogen-bond acceptors (Lipinski definition) is 4. The van der Waals surface area contributed by atoms with E-state index < -0.39 is 0 Å². The minimum absolute atomic E-state index is 0. The predicted octanol–water partition coefficient (Wildman–Crippen LogP) is 2.06. The van der Waals surface area contributed by atoms with Crippen molar-refractivity contribution in [1.29, 1.82) is 0 Å². The maximum Gasteiger partial charge on any atom is 0.243 e. The molecule has 1 aromatic carbocycles. The Hall–Kier alpha value is -1.16. The van der Waals surface area contributed by atoms with Gasteiger partial charge in [0.25, 0.3) is 0 Å². The molecule has 0 unspecified atom stereocenters. The van der Waals surface area contributed by atoms with Crippen molar-refractivity contribution < 1.29 is 9.53 Å². The van der Waals surface area contributed by atoms with Crippen LogP contribution in [0.25, 0.3) is 0 Å². The van der Waals surface area contributed by atoms with E-state index in [0.717, 1.165) is 31.0 Å². The second-order valence-corrected chi connectivity index (χ2v) is 6.30. The van der Waals surface area contributed by atoms with E-state index in [1.54, 1.807) is 25.9 Å². The average molecular weight is 480 g/mol. The highest BCUT2D eigenvalue weighted by Gasteiger charge is 2.04. The maximum atomic E-state index is 11.6. The summed E-state index contributed by atoms with van der Waals surface area (Å²) in [5.41, 5.74) is 0. The summed E-state index contributed by atoms with van der Waals surface area (Å²) in [6.45, 7) is 2.31. The minimum atomic E-state index is -0.0200. The zero-order valence-corrected chi connectivity index (χ0v) is 18.3. The van der Waals surface area contributed by atoms with Crippen molar-refractivity contribution in [1.82, 2.24) is 15.5 Å². The van der Waals surface area contributed by atoms with Crippen LogP contribution in [0.2, 0.25) is 0 Å². The highest BCUT2D eigenvalue weighted by Crippen LogP contribution is 2.07. The lowest BCUT2D eigenvalue weighted by Gasteiger charge is -2.13. The Morgan fingerprint density at radius 3 is 2.52 bits per heavy atom. The van der Waals surface area contributed by atoms with Crippen molar-refractivity contribution in [2.75, 3.05) is 52.3 Å². The Morgan fingerprint density at radius 1 is 1.20 bits per heavy atom. The van der Waals surface area contributed by atoms with Gasteiger partial charge in [0.1, 0.15) is 12.3 Å². The van der Waals surface area contributed by atoms with Gasteiger partial charge in [-0.15, -0.1) is 24.0 Å². The van der Waals surface area contributed by atoms with Gasteiger partial charge in [-0.3, -0.25) is 4.79 Å². The minimum Gasteiger partial charge on any atom is -0.494 e. The number of para-hydroxylation sites is 1. The van der Waals surface area contributed by atoms with Gasteiger partial charge >= 0.3 is 0 Å². The first kappa shape index (κ1) is 23.8. The molecule has 25 heavy (non-hydrogen) atoms. The van der Waals surface area contributed by atoms with Crippen molar-refractivity contribution in [3.8, 4) is 5.75 Å². The first-order chi connectivity index (χ1) is 11.6. The molecule has 0 saturated heterocycles. The molecule has 0 aromatic heterocycles. The Labute approximate surface area is 172 Å². The molecule has 0 bridgehead atoms. The van der Waals surface area contributed by atoms with Crippen LogP contribution in [0.15, 0.2) is 35.3 Å². The number of aliphatic imine (C=N–C) groups is 1. The number of ether oxygens (including phenoxy) is 1. The van der Waals surface area contributed by atoms with Gasteiger partial charge in [0.15, 0.2) is 5.96 Å². The van der Waals surface area contributed by atoms with Crippen LogP contribution in [0, 0.1) is 0 Å². The number of benzene rings is 1. The third kappa shape index (κ3) is 11.9. The van der Waals surface area contributed by atoms with Crippen LogP contribution >= 0.6 is 35.7 Å². The molecule has 0 atom stereocenters. The third-order valence-electron chi connectivity index (χ3n) is 3.10. The molecule has 0 fully saturated rings. The number of hydrogen-bond donors (Lipinski definition) is 2. The topological polar surface area (TPSA) is 66.0 Å². The van der Waals surface area contributed by atoms with Gasteiger partial charge in [0, 0.05) is 32.9 Å². The van der Waals surface area contributed by atoms with Crippen LogP contribution in [-0.4, -0.2) is 69.1 Å². The van der Waals surface area contributed by atoms with Crippen molar-refractivity contribution in [2.24, 2.45) is 4.99 Å². The van der Waals surface area contributed by atoms with E-state index in [9.17, 15) is 4.79 Å². The number of nitrogens with one attached hydrogen (secondary N) is 2. The van der Waals surface area contributed by atoms with E-state index in [2.05, 4.69) is 21.9 Å². The van der Waals surface area contributed by atoms with Crippen LogP contribution in [-0.2, 0) is 4.79 Å². The molecule has 1 amide bonds. The van der Waals surface area contributed by atoms with Gasteiger partial charge < -0.3 is 20.3 Å². The molecule has 1 rings (SSSR count). The zero-order chi connectivity index (χ0) is 17.6. The molecule has 0 saturated carbocycles. The summed E-state index contributed by atoms with van der Waals surface area (Å²) in [6.07, 6.45) is 2.90. The number of likely N-dealkylation sites (N-methyl/N-ethyl adjacent to an activating group) is 1. The highest BCUT2D eigenvalue weighted by molar-refractivity contribution is 14.0. The van der Waals surface area contributed by atoms with Gasteiger partial charge in [0.2, 0.25) is 5.91 Å². The summed E-state index contributed by atoms with van der Waals surface area (Å²) in [6, 6.07) is 9.76. The summed E-state index contributed by atoms with van der Waals surface area (Å²) in [5.74, 6) is 2.51. The number of rotatable bonds is 10. The molecule has 0 aliphatic heterocycles. The number of carbonyl (C=O) groups excluding carboxylic acids is 1. The van der Waals surface area contributed by atoms with Crippen LogP contribution in [0.3, 0.4) is 0 Å². The van der Waals surface area contributed by atoms with Crippen molar-refractivity contribution in [3.05, 3.63) is 30.3 Å². The van der Waals surface area contributed by atoms with Gasteiger partial charge in [-0.2, -0.15) is 11.8 Å². The van der Waals surface area contributed by atoms with E-state index in [1.165, 1.54) is 4.90 Å². The van der Waals surface area contributed by atoms with E-state index >= 15 is 0 Å². The standard InChI is InChI=1S/C17H28N4O2S.HI/c1-21(2)16(22)14-20-17(19-11-13-24-3)18-10-7-12-23-15-8-5-4-6-9-15;/h4-6,8-9H,7,10-14H2,1-3H3,(H2,18,19,20);1H. The number of nitrogens with zero attached hydrogens (tertiary/aromatic N) is 2. The van der Waals surface area contributed by atoms with Gasteiger partial charge in [0.05, 0.1) is 6.61 Å². The van der Waals surface area contributed by atoms with Crippen LogP contribution in [0.4, 0.5) is 0 Å².